The van der Waals surface area contributed by atoms with Crippen LogP contribution in [-0.2, 0) is 38.8 Å². The van der Waals surface area contributed by atoms with Gasteiger partial charge in [-0.3, -0.25) is 0 Å². The van der Waals surface area contributed by atoms with E-state index >= 15 is 0 Å². The zero-order chi connectivity index (χ0) is 24.3. The first-order valence-electron chi connectivity index (χ1n) is 11.6. The largest absolute Gasteiger partial charge is 0.394 e. The van der Waals surface area contributed by atoms with Crippen LogP contribution in [-0.4, -0.2) is 42.4 Å². The molecular weight excluding hydrogens is 446 g/mol. The number of hydrogen-bond acceptors (Lipinski definition) is 6. The second kappa shape index (κ2) is 13.0. The van der Waals surface area contributed by atoms with Crippen LogP contribution < -0.4 is 0 Å². The van der Waals surface area contributed by atoms with Gasteiger partial charge in [0.05, 0.1) is 26.4 Å². The highest BCUT2D eigenvalue weighted by Crippen LogP contribution is 2.31. The Labute approximate surface area is 204 Å². The Balaban J connectivity index is 1.59. The molecule has 0 spiro atoms. The molecule has 0 saturated carbocycles. The van der Waals surface area contributed by atoms with Crippen molar-refractivity contribution in [2.24, 2.45) is 5.11 Å². The third kappa shape index (κ3) is 6.90. The maximum Gasteiger partial charge on any atom is 0.165 e. The number of aliphatic hydroxyl groups is 1. The van der Waals surface area contributed by atoms with Gasteiger partial charge in [0.1, 0.15) is 24.4 Å². The summed E-state index contributed by atoms with van der Waals surface area (Å²) in [4.78, 5) is 2.95. The molecule has 1 fully saturated rings. The minimum Gasteiger partial charge on any atom is -0.394 e. The summed E-state index contributed by atoms with van der Waals surface area (Å²) in [6.45, 7) is 0.539. The molecule has 1 heterocycles. The van der Waals surface area contributed by atoms with Crippen molar-refractivity contribution >= 4 is 0 Å². The van der Waals surface area contributed by atoms with Crippen molar-refractivity contribution < 1.29 is 24.1 Å². The van der Waals surface area contributed by atoms with Gasteiger partial charge >= 0.3 is 0 Å². The third-order valence-corrected chi connectivity index (χ3v) is 5.81. The van der Waals surface area contributed by atoms with Gasteiger partial charge in [-0.15, -0.1) is 0 Å². The van der Waals surface area contributed by atoms with Crippen molar-refractivity contribution in [1.82, 2.24) is 0 Å². The maximum absolute atomic E-state index is 10.1. The van der Waals surface area contributed by atoms with E-state index in [1.54, 1.807) is 0 Å². The van der Waals surface area contributed by atoms with Crippen molar-refractivity contribution in [1.29, 1.82) is 0 Å². The van der Waals surface area contributed by atoms with Gasteiger partial charge in [-0.1, -0.05) is 96.1 Å². The fourth-order valence-electron chi connectivity index (χ4n) is 4.05. The van der Waals surface area contributed by atoms with Crippen LogP contribution in [0.15, 0.2) is 96.1 Å². The third-order valence-electron chi connectivity index (χ3n) is 5.81. The van der Waals surface area contributed by atoms with Crippen LogP contribution in [0.25, 0.3) is 10.4 Å². The molecule has 5 atom stereocenters. The molecule has 182 valence electrons. The first-order chi connectivity index (χ1) is 17.3. The van der Waals surface area contributed by atoms with Crippen LogP contribution in [0, 0.1) is 0 Å². The van der Waals surface area contributed by atoms with E-state index in [1.165, 1.54) is 0 Å². The molecule has 35 heavy (non-hydrogen) atoms. The summed E-state index contributed by atoms with van der Waals surface area (Å²) < 4.78 is 24.8. The number of nitrogens with zero attached hydrogens (tertiary/aromatic N) is 3. The number of rotatable bonds is 11. The lowest BCUT2D eigenvalue weighted by Crippen LogP contribution is -2.60. The minimum atomic E-state index is -0.988. The molecule has 1 aliphatic rings. The highest BCUT2D eigenvalue weighted by molar-refractivity contribution is 5.15. The first kappa shape index (κ1) is 24.9. The van der Waals surface area contributed by atoms with E-state index in [9.17, 15) is 10.6 Å². The van der Waals surface area contributed by atoms with Crippen molar-refractivity contribution in [3.63, 3.8) is 0 Å². The molecule has 3 aromatic rings. The Kier molecular flexibility index (Phi) is 9.25. The number of hydrogen-bond donors (Lipinski definition) is 1. The smallest absolute Gasteiger partial charge is 0.165 e. The van der Waals surface area contributed by atoms with Gasteiger partial charge in [0.2, 0.25) is 0 Å². The highest BCUT2D eigenvalue weighted by atomic mass is 16.6. The molecule has 0 bridgehead atoms. The number of ether oxygens (including phenoxy) is 4. The summed E-state index contributed by atoms with van der Waals surface area (Å²) in [5, 5.41) is 13.9. The van der Waals surface area contributed by atoms with Crippen LogP contribution in [0.5, 0.6) is 0 Å². The Hall–Kier alpha value is -3.23. The van der Waals surface area contributed by atoms with Gasteiger partial charge in [-0.05, 0) is 22.2 Å². The molecular formula is C27H29N3O5. The molecule has 4 rings (SSSR count). The number of benzene rings is 3. The van der Waals surface area contributed by atoms with Crippen molar-refractivity contribution in [2.75, 3.05) is 6.61 Å². The molecule has 1 unspecified atom stereocenters. The van der Waals surface area contributed by atoms with E-state index in [4.69, 9.17) is 18.9 Å². The molecule has 0 amide bonds. The molecule has 0 radical (unpaired) electrons. The maximum atomic E-state index is 10.1. The van der Waals surface area contributed by atoms with E-state index in [-0.39, 0.29) is 13.2 Å². The molecule has 1 aliphatic heterocycles. The van der Waals surface area contributed by atoms with E-state index in [2.05, 4.69) is 10.0 Å². The van der Waals surface area contributed by atoms with E-state index in [0.717, 1.165) is 16.7 Å². The SMILES string of the molecule is [N-]=[N+]=NC1O[C@H](CO)[C@@H](OCc2ccccc2)[C@H](OCc2ccccc2)[C@@H]1OCc1ccccc1. The Bertz CT molecular complexity index is 1060. The average molecular weight is 476 g/mol. The highest BCUT2D eigenvalue weighted by Gasteiger charge is 2.47. The molecule has 3 aromatic carbocycles. The predicted octanol–water partition coefficient (Wildman–Crippen LogP) is 4.77. The summed E-state index contributed by atoms with van der Waals surface area (Å²) in [6.07, 6.45) is -3.82. The van der Waals surface area contributed by atoms with Crippen LogP contribution in [0.1, 0.15) is 16.7 Å². The predicted molar refractivity (Wildman–Crippen MR) is 130 cm³/mol. The Morgan fingerprint density at radius 1 is 0.686 bits per heavy atom. The first-order valence-corrected chi connectivity index (χ1v) is 11.6. The minimum absolute atomic E-state index is 0.271. The normalized spacial score (nSPS) is 24.0. The lowest BCUT2D eigenvalue weighted by atomic mass is 9.97. The monoisotopic (exact) mass is 475 g/mol. The second-order valence-electron chi connectivity index (χ2n) is 8.24. The molecule has 0 aliphatic carbocycles. The molecule has 8 heteroatoms. The van der Waals surface area contributed by atoms with Gasteiger partial charge in [-0.2, -0.15) is 0 Å². The summed E-state index contributed by atoms with van der Waals surface area (Å²) in [7, 11) is 0. The fraction of sp³-hybridized carbons (Fsp3) is 0.333. The number of azide groups is 1. The molecule has 0 aromatic heterocycles. The van der Waals surface area contributed by atoms with Crippen molar-refractivity contribution in [3.05, 3.63) is 118 Å². The van der Waals surface area contributed by atoms with E-state index < -0.39 is 30.6 Å². The standard InChI is InChI=1S/C27H29N3O5/c28-30-29-27-26(34-19-22-14-8-3-9-15-22)25(33-18-21-12-6-2-7-13-21)24(23(16-31)35-27)32-17-20-10-4-1-5-11-20/h1-15,23-27,31H,16-19H2/t23-,24-,25+,26+,27?/m1/s1. The Morgan fingerprint density at radius 2 is 1.11 bits per heavy atom. The van der Waals surface area contributed by atoms with Crippen LogP contribution in [0.2, 0.25) is 0 Å². The fourth-order valence-corrected chi connectivity index (χ4v) is 4.05. The summed E-state index contributed by atoms with van der Waals surface area (Å²) in [5.41, 5.74) is 12.1. The molecule has 1 N–H and O–H groups in total. The lowest BCUT2D eigenvalue weighted by Gasteiger charge is -2.44. The molecule has 1 saturated heterocycles. The topological polar surface area (TPSA) is 106 Å². The van der Waals surface area contributed by atoms with Crippen molar-refractivity contribution in [2.45, 2.75) is 50.5 Å². The quantitative estimate of drug-likeness (QED) is 0.244. The molecule has 8 nitrogen and oxygen atoms in total. The van der Waals surface area contributed by atoms with E-state index in [1.807, 2.05) is 91.0 Å². The second-order valence-corrected chi connectivity index (χ2v) is 8.24. The number of aliphatic hydroxyl groups excluding tert-OH is 1. The van der Waals surface area contributed by atoms with Gasteiger partial charge in [0, 0.05) is 4.91 Å². The zero-order valence-electron chi connectivity index (χ0n) is 19.3. The van der Waals surface area contributed by atoms with Gasteiger partial charge in [0.25, 0.3) is 0 Å². The summed E-state index contributed by atoms with van der Waals surface area (Å²) in [6, 6.07) is 29.2. The lowest BCUT2D eigenvalue weighted by molar-refractivity contribution is -0.268. The summed E-state index contributed by atoms with van der Waals surface area (Å²) >= 11 is 0. The van der Waals surface area contributed by atoms with Crippen LogP contribution >= 0.6 is 0 Å². The van der Waals surface area contributed by atoms with Gasteiger partial charge < -0.3 is 24.1 Å². The Morgan fingerprint density at radius 3 is 1.54 bits per heavy atom. The average Bonchev–Trinajstić information content (AvgIpc) is 2.92. The summed E-state index contributed by atoms with van der Waals surface area (Å²) in [5.74, 6) is 0. The van der Waals surface area contributed by atoms with Gasteiger partial charge in [-0.25, -0.2) is 0 Å². The van der Waals surface area contributed by atoms with Crippen molar-refractivity contribution in [3.8, 4) is 0 Å². The van der Waals surface area contributed by atoms with Gasteiger partial charge in [0.15, 0.2) is 6.23 Å². The van der Waals surface area contributed by atoms with Crippen LogP contribution in [0.4, 0.5) is 0 Å². The van der Waals surface area contributed by atoms with E-state index in [0.29, 0.717) is 13.2 Å². The zero-order valence-corrected chi connectivity index (χ0v) is 19.3. The van der Waals surface area contributed by atoms with Crippen LogP contribution in [0.3, 0.4) is 0 Å².